The normalized spacial score (nSPS) is 11.4. The third-order valence-corrected chi connectivity index (χ3v) is 3.08. The highest BCUT2D eigenvalue weighted by atomic mass is 16.6. The van der Waals surface area contributed by atoms with Crippen LogP contribution in [-0.2, 0) is 14.3 Å². The molecular weight excluding hydrogens is 252 g/mol. The first-order valence-corrected chi connectivity index (χ1v) is 8.02. The van der Waals surface area contributed by atoms with E-state index in [1.807, 2.05) is 20.8 Å². The fourth-order valence-electron chi connectivity index (χ4n) is 2.10. The van der Waals surface area contributed by atoms with Gasteiger partial charge < -0.3 is 9.53 Å². The average Bonchev–Trinajstić information content (AvgIpc) is 2.28. The van der Waals surface area contributed by atoms with E-state index >= 15 is 0 Å². The Morgan fingerprint density at radius 2 is 1.15 bits per heavy atom. The summed E-state index contributed by atoms with van der Waals surface area (Å²) in [5, 5.41) is 0. The van der Waals surface area contributed by atoms with Crippen molar-refractivity contribution in [1.29, 1.82) is 0 Å². The van der Waals surface area contributed by atoms with Crippen LogP contribution in [0.2, 0.25) is 0 Å². The number of hydrogen-bond donors (Lipinski definition) is 0. The van der Waals surface area contributed by atoms with Crippen LogP contribution in [0.4, 0.5) is 0 Å². The molecule has 20 heavy (non-hydrogen) atoms. The number of ether oxygens (including phenoxy) is 1. The molecule has 0 aromatic heterocycles. The summed E-state index contributed by atoms with van der Waals surface area (Å²) in [5.41, 5.74) is -0.364. The maximum Gasteiger partial charge on any atom is 0.306 e. The molecule has 0 atom stereocenters. The number of hydrogen-bond acceptors (Lipinski definition) is 3. The molecule has 0 aromatic rings. The first-order chi connectivity index (χ1) is 9.31. The van der Waals surface area contributed by atoms with Crippen LogP contribution in [0.25, 0.3) is 0 Å². The summed E-state index contributed by atoms with van der Waals surface area (Å²) in [4.78, 5) is 22.2. The van der Waals surface area contributed by atoms with E-state index in [9.17, 15) is 9.59 Å². The van der Waals surface area contributed by atoms with Crippen LogP contribution < -0.4 is 0 Å². The lowest BCUT2D eigenvalue weighted by atomic mass is 10.1. The number of carbonyl (C=O) groups excluding carboxylic acids is 2. The predicted molar refractivity (Wildman–Crippen MR) is 82.7 cm³/mol. The second kappa shape index (κ2) is 10.9. The first-order valence-electron chi connectivity index (χ1n) is 8.02. The van der Waals surface area contributed by atoms with Crippen molar-refractivity contribution in [3.05, 3.63) is 0 Å². The molecule has 0 aliphatic rings. The Morgan fingerprint density at radius 1 is 0.750 bits per heavy atom. The second-order valence-corrected chi connectivity index (χ2v) is 6.62. The van der Waals surface area contributed by atoms with Gasteiger partial charge in [0.25, 0.3) is 0 Å². The monoisotopic (exact) mass is 284 g/mol. The topological polar surface area (TPSA) is 43.4 Å². The summed E-state index contributed by atoms with van der Waals surface area (Å²) < 4.78 is 5.26. The van der Waals surface area contributed by atoms with Crippen LogP contribution in [0.1, 0.15) is 91.9 Å². The van der Waals surface area contributed by atoms with Crippen molar-refractivity contribution in [3.8, 4) is 0 Å². The van der Waals surface area contributed by atoms with Gasteiger partial charge >= 0.3 is 5.97 Å². The van der Waals surface area contributed by atoms with Crippen LogP contribution in [0, 0.1) is 0 Å². The lowest BCUT2D eigenvalue weighted by molar-refractivity contribution is -0.154. The molecule has 0 N–H and O–H groups in total. The molecule has 0 bridgehead atoms. The molecule has 3 heteroatoms. The Kier molecular flexibility index (Phi) is 10.4. The summed E-state index contributed by atoms with van der Waals surface area (Å²) in [7, 11) is 0. The second-order valence-electron chi connectivity index (χ2n) is 6.62. The molecule has 118 valence electrons. The highest BCUT2D eigenvalue weighted by Crippen LogP contribution is 2.13. The molecule has 0 aromatic carbocycles. The van der Waals surface area contributed by atoms with Crippen molar-refractivity contribution in [2.75, 3.05) is 0 Å². The van der Waals surface area contributed by atoms with Gasteiger partial charge in [0.2, 0.25) is 0 Å². The molecule has 0 aliphatic carbocycles. The average molecular weight is 284 g/mol. The van der Waals surface area contributed by atoms with Crippen molar-refractivity contribution in [2.45, 2.75) is 97.5 Å². The quantitative estimate of drug-likeness (QED) is 0.403. The van der Waals surface area contributed by atoms with Crippen LogP contribution in [0.15, 0.2) is 0 Å². The molecule has 0 radical (unpaired) electrons. The van der Waals surface area contributed by atoms with Crippen LogP contribution >= 0.6 is 0 Å². The largest absolute Gasteiger partial charge is 0.460 e. The Bertz CT molecular complexity index is 276. The number of rotatable bonds is 11. The van der Waals surface area contributed by atoms with Gasteiger partial charge in [-0.15, -0.1) is 0 Å². The van der Waals surface area contributed by atoms with E-state index in [4.69, 9.17) is 4.74 Å². The summed E-state index contributed by atoms with van der Waals surface area (Å²) in [6.07, 6.45) is 10.4. The Morgan fingerprint density at radius 3 is 1.55 bits per heavy atom. The van der Waals surface area contributed by atoms with Gasteiger partial charge in [0.05, 0.1) is 0 Å². The van der Waals surface area contributed by atoms with Crippen LogP contribution in [0.3, 0.4) is 0 Å². The van der Waals surface area contributed by atoms with Gasteiger partial charge in [0, 0.05) is 12.8 Å². The van der Waals surface area contributed by atoms with E-state index in [1.54, 1.807) is 6.92 Å². The van der Waals surface area contributed by atoms with Gasteiger partial charge in [0.15, 0.2) is 0 Å². The molecule has 0 unspecified atom stereocenters. The minimum absolute atomic E-state index is 0.0817. The molecule has 0 fully saturated rings. The zero-order valence-corrected chi connectivity index (χ0v) is 13.8. The van der Waals surface area contributed by atoms with Gasteiger partial charge in [-0.2, -0.15) is 0 Å². The summed E-state index contributed by atoms with van der Waals surface area (Å²) in [6.45, 7) is 7.36. The van der Waals surface area contributed by atoms with Crippen LogP contribution in [0.5, 0.6) is 0 Å². The zero-order chi connectivity index (χ0) is 15.4. The molecule has 3 nitrogen and oxygen atoms in total. The van der Waals surface area contributed by atoms with Crippen molar-refractivity contribution in [3.63, 3.8) is 0 Å². The standard InChI is InChI=1S/C17H32O3/c1-15(18)13-11-9-7-5-6-8-10-12-14-16(19)20-17(2,3)4/h5-14H2,1-4H3. The van der Waals surface area contributed by atoms with E-state index in [1.165, 1.54) is 25.7 Å². The third-order valence-electron chi connectivity index (χ3n) is 3.08. The van der Waals surface area contributed by atoms with E-state index in [2.05, 4.69) is 0 Å². The minimum Gasteiger partial charge on any atom is -0.460 e. The van der Waals surface area contributed by atoms with E-state index in [-0.39, 0.29) is 11.6 Å². The highest BCUT2D eigenvalue weighted by Gasteiger charge is 2.15. The Balaban J connectivity index is 3.25. The van der Waals surface area contributed by atoms with Crippen molar-refractivity contribution < 1.29 is 14.3 Å². The fourth-order valence-corrected chi connectivity index (χ4v) is 2.10. The zero-order valence-electron chi connectivity index (χ0n) is 13.8. The minimum atomic E-state index is -0.364. The first kappa shape index (κ1) is 19.1. The van der Waals surface area contributed by atoms with Gasteiger partial charge in [0.1, 0.15) is 11.4 Å². The molecule has 0 amide bonds. The lowest BCUT2D eigenvalue weighted by Gasteiger charge is -2.19. The highest BCUT2D eigenvalue weighted by molar-refractivity contribution is 5.75. The Labute approximate surface area is 124 Å². The summed E-state index contributed by atoms with van der Waals surface area (Å²) in [5.74, 6) is 0.217. The smallest absolute Gasteiger partial charge is 0.306 e. The number of ketones is 1. The van der Waals surface area contributed by atoms with Gasteiger partial charge in [-0.25, -0.2) is 0 Å². The molecule has 0 rings (SSSR count). The molecule has 0 spiro atoms. The fraction of sp³-hybridized carbons (Fsp3) is 0.882. The SMILES string of the molecule is CC(=O)CCCCCCCCCCC(=O)OC(C)(C)C. The van der Waals surface area contributed by atoms with Gasteiger partial charge in [-0.3, -0.25) is 4.79 Å². The molecular formula is C17H32O3. The Hall–Kier alpha value is -0.860. The molecule has 0 heterocycles. The van der Waals surface area contributed by atoms with E-state index in [0.29, 0.717) is 12.2 Å². The third kappa shape index (κ3) is 15.2. The van der Waals surface area contributed by atoms with E-state index in [0.717, 1.165) is 32.1 Å². The van der Waals surface area contributed by atoms with Crippen molar-refractivity contribution >= 4 is 11.8 Å². The number of carbonyl (C=O) groups is 2. The number of unbranched alkanes of at least 4 members (excludes halogenated alkanes) is 7. The lowest BCUT2D eigenvalue weighted by Crippen LogP contribution is -2.23. The van der Waals surface area contributed by atoms with E-state index < -0.39 is 0 Å². The van der Waals surface area contributed by atoms with Crippen LogP contribution in [-0.4, -0.2) is 17.4 Å². The summed E-state index contributed by atoms with van der Waals surface area (Å²) >= 11 is 0. The predicted octanol–water partition coefficient (Wildman–Crippen LogP) is 4.82. The number of esters is 1. The van der Waals surface area contributed by atoms with Crippen molar-refractivity contribution in [1.82, 2.24) is 0 Å². The van der Waals surface area contributed by atoms with Gasteiger partial charge in [-0.05, 0) is 40.5 Å². The molecule has 0 saturated heterocycles. The summed E-state index contributed by atoms with van der Waals surface area (Å²) in [6, 6.07) is 0. The maximum absolute atomic E-state index is 11.5. The maximum atomic E-state index is 11.5. The van der Waals surface area contributed by atoms with Crippen molar-refractivity contribution in [2.24, 2.45) is 0 Å². The van der Waals surface area contributed by atoms with Gasteiger partial charge in [-0.1, -0.05) is 38.5 Å². The number of Topliss-reactive ketones (excluding diaryl/α,β-unsaturated/α-hetero) is 1. The molecule has 0 saturated carbocycles. The molecule has 0 aliphatic heterocycles.